The lowest BCUT2D eigenvalue weighted by atomic mass is 10.1. The largest absolute Gasteiger partial charge is 0.493 e. The second kappa shape index (κ2) is 7.48. The van der Waals surface area contributed by atoms with Crippen LogP contribution in [-0.4, -0.2) is 42.4 Å². The van der Waals surface area contributed by atoms with E-state index in [1.54, 1.807) is 7.11 Å². The van der Waals surface area contributed by atoms with Gasteiger partial charge in [-0.2, -0.15) is 0 Å². The van der Waals surface area contributed by atoms with Crippen molar-refractivity contribution in [3.8, 4) is 11.5 Å². The van der Waals surface area contributed by atoms with Gasteiger partial charge in [-0.15, -0.1) is 0 Å². The van der Waals surface area contributed by atoms with Crippen LogP contribution in [-0.2, 0) is 9.84 Å². The Bertz CT molecular complexity index is 596. The summed E-state index contributed by atoms with van der Waals surface area (Å²) in [5.41, 5.74) is 0.896. The molecule has 0 aliphatic carbocycles. The number of nitrogens with one attached hydrogen (secondary N) is 1. The van der Waals surface area contributed by atoms with E-state index in [2.05, 4.69) is 24.6 Å². The summed E-state index contributed by atoms with van der Waals surface area (Å²) in [6, 6.07) is 5.34. The van der Waals surface area contributed by atoms with Gasteiger partial charge in [0.05, 0.1) is 19.5 Å². The van der Waals surface area contributed by atoms with Gasteiger partial charge in [0.1, 0.15) is 18.1 Å². The van der Waals surface area contributed by atoms with Crippen molar-refractivity contribution in [1.82, 2.24) is 4.98 Å². The van der Waals surface area contributed by atoms with E-state index in [9.17, 15) is 8.42 Å². The Kier molecular flexibility index (Phi) is 6.46. The maximum absolute atomic E-state index is 11.7. The van der Waals surface area contributed by atoms with E-state index < -0.39 is 18.1 Å². The molecule has 0 spiro atoms. The van der Waals surface area contributed by atoms with E-state index in [0.717, 1.165) is 5.56 Å². The van der Waals surface area contributed by atoms with E-state index in [4.69, 9.17) is 9.47 Å². The third kappa shape index (κ3) is 6.37. The normalized spacial score (nSPS) is 13.7. The summed E-state index contributed by atoms with van der Waals surface area (Å²) in [6.45, 7) is 8.90. The van der Waals surface area contributed by atoms with Crippen LogP contribution in [0.2, 0.25) is 19.6 Å². The SMILES string of the molecule is CCOc1ccc(C(CS(C)(=O)=O)N[Si](C)(C)C)cc1OC. The molecule has 1 rings (SSSR count). The molecule has 0 bridgehead atoms. The standard InChI is InChI=1S/C15H27NO4SSi/c1-7-20-14-9-8-12(10-15(14)19-2)13(11-21(3,17)18)16-22(4,5)6/h8-10,13,16H,7,11H2,1-6H3. The Labute approximate surface area is 135 Å². The zero-order chi connectivity index (χ0) is 17.0. The fourth-order valence-corrected chi connectivity index (χ4v) is 4.57. The monoisotopic (exact) mass is 345 g/mol. The van der Waals surface area contributed by atoms with Crippen LogP contribution in [0.15, 0.2) is 18.2 Å². The zero-order valence-electron chi connectivity index (χ0n) is 14.3. The summed E-state index contributed by atoms with van der Waals surface area (Å²) in [5.74, 6) is 1.35. The summed E-state index contributed by atoms with van der Waals surface area (Å²) in [7, 11) is -3.16. The molecule has 126 valence electrons. The Morgan fingerprint density at radius 3 is 2.32 bits per heavy atom. The highest BCUT2D eigenvalue weighted by molar-refractivity contribution is 7.90. The molecule has 1 atom stereocenters. The lowest BCUT2D eigenvalue weighted by Crippen LogP contribution is -2.45. The van der Waals surface area contributed by atoms with Crippen molar-refractivity contribution in [3.05, 3.63) is 23.8 Å². The van der Waals surface area contributed by atoms with Gasteiger partial charge >= 0.3 is 0 Å². The Hall–Kier alpha value is -1.05. The number of rotatable bonds is 8. The molecule has 0 aromatic heterocycles. The second-order valence-corrected chi connectivity index (χ2v) is 13.4. The number of hydrogen-bond acceptors (Lipinski definition) is 5. The zero-order valence-corrected chi connectivity index (χ0v) is 16.1. The number of benzene rings is 1. The van der Waals surface area contributed by atoms with Gasteiger partial charge in [0.15, 0.2) is 11.5 Å². The van der Waals surface area contributed by atoms with Crippen LogP contribution in [0.5, 0.6) is 11.5 Å². The highest BCUT2D eigenvalue weighted by atomic mass is 32.2. The van der Waals surface area contributed by atoms with Crippen molar-refractivity contribution < 1.29 is 17.9 Å². The topological polar surface area (TPSA) is 64.6 Å². The maximum Gasteiger partial charge on any atom is 0.161 e. The predicted molar refractivity (Wildman–Crippen MR) is 93.1 cm³/mol. The number of methoxy groups -OCH3 is 1. The van der Waals surface area contributed by atoms with Crippen LogP contribution < -0.4 is 14.5 Å². The first-order valence-corrected chi connectivity index (χ1v) is 12.9. The van der Waals surface area contributed by atoms with Crippen LogP contribution in [0.4, 0.5) is 0 Å². The second-order valence-electron chi connectivity index (χ2n) is 6.38. The molecule has 0 heterocycles. The van der Waals surface area contributed by atoms with Gasteiger partial charge in [0.2, 0.25) is 0 Å². The highest BCUT2D eigenvalue weighted by Crippen LogP contribution is 2.31. The number of ether oxygens (including phenoxy) is 2. The molecule has 0 saturated carbocycles. The summed E-state index contributed by atoms with van der Waals surface area (Å²) in [6.07, 6.45) is 1.26. The molecule has 7 heteroatoms. The lowest BCUT2D eigenvalue weighted by Gasteiger charge is -2.27. The smallest absolute Gasteiger partial charge is 0.161 e. The van der Waals surface area contributed by atoms with Crippen LogP contribution in [0.25, 0.3) is 0 Å². The Balaban J connectivity index is 3.18. The summed E-state index contributed by atoms with van der Waals surface area (Å²) < 4.78 is 34.4. The van der Waals surface area contributed by atoms with Gasteiger partial charge in [-0.3, -0.25) is 0 Å². The van der Waals surface area contributed by atoms with Gasteiger partial charge < -0.3 is 14.5 Å². The molecule has 0 aliphatic rings. The van der Waals surface area contributed by atoms with Gasteiger partial charge in [-0.1, -0.05) is 25.7 Å². The van der Waals surface area contributed by atoms with Gasteiger partial charge in [0.25, 0.3) is 0 Å². The molecular formula is C15H27NO4SSi. The molecule has 1 N–H and O–H groups in total. The summed E-state index contributed by atoms with van der Waals surface area (Å²) in [5, 5.41) is 0. The van der Waals surface area contributed by atoms with Crippen molar-refractivity contribution in [2.24, 2.45) is 0 Å². The highest BCUT2D eigenvalue weighted by Gasteiger charge is 2.24. The van der Waals surface area contributed by atoms with Gasteiger partial charge in [0, 0.05) is 12.3 Å². The Morgan fingerprint density at radius 1 is 1.23 bits per heavy atom. The average molecular weight is 346 g/mol. The van der Waals surface area contributed by atoms with E-state index >= 15 is 0 Å². The molecule has 0 amide bonds. The van der Waals surface area contributed by atoms with Gasteiger partial charge in [-0.25, -0.2) is 8.42 Å². The van der Waals surface area contributed by atoms with Crippen LogP contribution in [0.3, 0.4) is 0 Å². The minimum Gasteiger partial charge on any atom is -0.493 e. The van der Waals surface area contributed by atoms with E-state index in [1.807, 2.05) is 25.1 Å². The number of sulfone groups is 1. The molecule has 0 saturated heterocycles. The maximum atomic E-state index is 11.7. The molecular weight excluding hydrogens is 318 g/mol. The molecule has 22 heavy (non-hydrogen) atoms. The predicted octanol–water partition coefficient (Wildman–Crippen LogP) is 2.60. The minimum atomic E-state index is -3.10. The molecule has 0 aliphatic heterocycles. The summed E-state index contributed by atoms with van der Waals surface area (Å²) >= 11 is 0. The van der Waals surface area contributed by atoms with Crippen molar-refractivity contribution in [2.45, 2.75) is 32.6 Å². The molecule has 5 nitrogen and oxygen atoms in total. The lowest BCUT2D eigenvalue weighted by molar-refractivity contribution is 0.310. The molecule has 0 radical (unpaired) electrons. The first-order valence-electron chi connectivity index (χ1n) is 7.32. The van der Waals surface area contributed by atoms with Gasteiger partial charge in [-0.05, 0) is 24.6 Å². The van der Waals surface area contributed by atoms with Crippen molar-refractivity contribution in [2.75, 3.05) is 25.7 Å². The molecule has 0 fully saturated rings. The third-order valence-electron chi connectivity index (χ3n) is 2.97. The fourth-order valence-electron chi connectivity index (χ4n) is 2.22. The van der Waals surface area contributed by atoms with E-state index in [1.165, 1.54) is 6.26 Å². The van der Waals surface area contributed by atoms with Crippen LogP contribution >= 0.6 is 0 Å². The average Bonchev–Trinajstić information content (AvgIpc) is 2.35. The van der Waals surface area contributed by atoms with Crippen LogP contribution in [0.1, 0.15) is 18.5 Å². The molecule has 1 aromatic carbocycles. The van der Waals surface area contributed by atoms with Crippen LogP contribution in [0, 0.1) is 0 Å². The van der Waals surface area contributed by atoms with E-state index in [0.29, 0.717) is 18.1 Å². The van der Waals surface area contributed by atoms with Crippen molar-refractivity contribution in [1.29, 1.82) is 0 Å². The first-order chi connectivity index (χ1) is 10.1. The minimum absolute atomic E-state index is 0.0639. The van der Waals surface area contributed by atoms with Crippen molar-refractivity contribution >= 4 is 18.1 Å². The first kappa shape index (κ1) is 19.0. The quantitative estimate of drug-likeness (QED) is 0.734. The van der Waals surface area contributed by atoms with Crippen molar-refractivity contribution in [3.63, 3.8) is 0 Å². The third-order valence-corrected chi connectivity index (χ3v) is 5.12. The Morgan fingerprint density at radius 2 is 1.86 bits per heavy atom. The van der Waals surface area contributed by atoms with E-state index in [-0.39, 0.29) is 11.8 Å². The molecule has 1 unspecified atom stereocenters. The summed E-state index contributed by atoms with van der Waals surface area (Å²) in [4.78, 5) is 3.50. The number of hydrogen-bond donors (Lipinski definition) is 1. The molecule has 1 aromatic rings. The fraction of sp³-hybridized carbons (Fsp3) is 0.600.